The summed E-state index contributed by atoms with van der Waals surface area (Å²) in [6.45, 7) is 0.762. The maximum absolute atomic E-state index is 9.15. The van der Waals surface area contributed by atoms with Gasteiger partial charge < -0.3 is 25.5 Å². The highest BCUT2D eigenvalue weighted by Gasteiger charge is 2.30. The predicted octanol–water partition coefficient (Wildman–Crippen LogP) is -2.17. The molecule has 5 N–H and O–H groups in total. The third-order valence-corrected chi connectivity index (χ3v) is 1.59. The second kappa shape index (κ2) is 4.74. The molecule has 74 valence electrons. The van der Waals surface area contributed by atoms with Crippen molar-refractivity contribution in [1.82, 2.24) is 0 Å². The van der Waals surface area contributed by atoms with Gasteiger partial charge in [0, 0.05) is 1.37 Å². The molecule has 5 nitrogen and oxygen atoms in total. The molecule has 1 unspecified atom stereocenters. The van der Waals surface area contributed by atoms with Crippen LogP contribution in [0.4, 0.5) is 0 Å². The average molecular weight is 181 g/mol. The second-order valence-corrected chi connectivity index (χ2v) is 2.78. The van der Waals surface area contributed by atoms with Crippen LogP contribution in [-0.2, 0) is 0 Å². The topological polar surface area (TPSA) is 101 Å². The van der Waals surface area contributed by atoms with E-state index in [1.807, 2.05) is 0 Å². The van der Waals surface area contributed by atoms with Crippen LogP contribution in [0, 0.1) is 0 Å². The van der Waals surface area contributed by atoms with Crippen molar-refractivity contribution in [1.29, 1.82) is 0 Å². The molecule has 5 heteroatoms. The van der Waals surface area contributed by atoms with Crippen molar-refractivity contribution < 1.29 is 26.9 Å². The van der Waals surface area contributed by atoms with Crippen molar-refractivity contribution in [3.8, 4) is 0 Å². The van der Waals surface area contributed by atoms with Gasteiger partial charge in [-0.3, -0.25) is 0 Å². The van der Waals surface area contributed by atoms with Crippen LogP contribution in [0.5, 0.6) is 0 Å². The number of rotatable bonds is 4. The molecule has 0 aromatic carbocycles. The van der Waals surface area contributed by atoms with E-state index >= 15 is 0 Å². The van der Waals surface area contributed by atoms with Gasteiger partial charge in [0.25, 0.3) is 0 Å². The summed E-state index contributed by atoms with van der Waals surface area (Å²) in [6.07, 6.45) is -7.44. The van der Waals surface area contributed by atoms with Gasteiger partial charge in [-0.1, -0.05) is 0 Å². The number of aliphatic hydroxyl groups is 5. The van der Waals surface area contributed by atoms with Crippen molar-refractivity contribution in [3.05, 3.63) is 0 Å². The Bertz CT molecular complexity index is 143. The molecule has 0 amide bonds. The van der Waals surface area contributed by atoms with Gasteiger partial charge in [-0.25, -0.2) is 0 Å². The Morgan fingerprint density at radius 2 is 1.25 bits per heavy atom. The molecule has 0 fully saturated rings. The Morgan fingerprint density at radius 3 is 1.58 bits per heavy atom. The zero-order valence-electron chi connectivity index (χ0n) is 7.83. The van der Waals surface area contributed by atoms with E-state index in [-0.39, 0.29) is 0 Å². The monoisotopic (exact) mass is 181 g/mol. The van der Waals surface area contributed by atoms with Crippen molar-refractivity contribution in [2.45, 2.75) is 44.3 Å². The molecule has 0 rings (SSSR count). The quantitative estimate of drug-likeness (QED) is 0.340. The van der Waals surface area contributed by atoms with Crippen LogP contribution in [0.15, 0.2) is 0 Å². The van der Waals surface area contributed by atoms with E-state index < -0.39 is 37.4 Å². The first-order valence-electron chi connectivity index (χ1n) is 4.32. The molecule has 0 aliphatic rings. The highest BCUT2D eigenvalue weighted by molar-refractivity contribution is 4.81. The lowest BCUT2D eigenvalue weighted by atomic mass is 10.0. The lowest BCUT2D eigenvalue weighted by Crippen LogP contribution is -2.47. The first-order valence-corrected chi connectivity index (χ1v) is 3.61. The molecule has 0 saturated carbocycles. The van der Waals surface area contributed by atoms with Gasteiger partial charge in [0.2, 0.25) is 0 Å². The summed E-state index contributed by atoms with van der Waals surface area (Å²) >= 11 is 0. The van der Waals surface area contributed by atoms with Crippen molar-refractivity contribution in [3.63, 3.8) is 0 Å². The van der Waals surface area contributed by atoms with E-state index in [4.69, 9.17) is 26.9 Å². The van der Waals surface area contributed by atoms with E-state index in [9.17, 15) is 0 Å². The third kappa shape index (κ3) is 3.04. The summed E-state index contributed by atoms with van der Waals surface area (Å²) in [7, 11) is 0. The molecule has 0 saturated heterocycles. The Morgan fingerprint density at radius 1 is 0.833 bits per heavy atom. The molecule has 0 heterocycles. The number of hydrogen-bond donors (Lipinski definition) is 5. The molecule has 0 radical (unpaired) electrons. The van der Waals surface area contributed by atoms with E-state index in [0.717, 1.165) is 0 Å². The average Bonchev–Trinajstić information content (AvgIpc) is 2.12. The summed E-state index contributed by atoms with van der Waals surface area (Å²) in [4.78, 5) is 0. The van der Waals surface area contributed by atoms with Crippen molar-refractivity contribution in [2.24, 2.45) is 0 Å². The van der Waals surface area contributed by atoms with Gasteiger partial charge >= 0.3 is 0 Å². The minimum absolute atomic E-state index is 0.481. The van der Waals surface area contributed by atoms with Crippen LogP contribution < -0.4 is 0 Å². The minimum atomic E-state index is -1.65. The molecule has 0 bridgehead atoms. The molecule has 0 aliphatic carbocycles. The summed E-state index contributed by atoms with van der Waals surface area (Å²) in [5.41, 5.74) is 0. The van der Waals surface area contributed by atoms with Gasteiger partial charge in [-0.15, -0.1) is 0 Å². The second-order valence-electron chi connectivity index (χ2n) is 2.78. The fourth-order valence-corrected chi connectivity index (χ4v) is 0.715. The van der Waals surface area contributed by atoms with Crippen LogP contribution in [0.3, 0.4) is 0 Å². The SMILES string of the molecule is [2H]CC(O)[C@@H](O)[C@H](O)[C@H](O)[C@H](C)O. The highest BCUT2D eigenvalue weighted by atomic mass is 16.4. The first kappa shape index (κ1) is 9.88. The smallest absolute Gasteiger partial charge is 0.111 e. The first-order chi connectivity index (χ1) is 5.91. The van der Waals surface area contributed by atoms with Crippen molar-refractivity contribution >= 4 is 0 Å². The van der Waals surface area contributed by atoms with Gasteiger partial charge in [-0.2, -0.15) is 0 Å². The maximum Gasteiger partial charge on any atom is 0.111 e. The highest BCUT2D eigenvalue weighted by Crippen LogP contribution is 2.07. The molecule has 0 aliphatic heterocycles. The Kier molecular flexibility index (Phi) is 3.90. The fraction of sp³-hybridized carbons (Fsp3) is 1.00. The largest absolute Gasteiger partial charge is 0.391 e. The fourth-order valence-electron chi connectivity index (χ4n) is 0.715. The Labute approximate surface area is 72.3 Å². The Balaban J connectivity index is 4.15. The Hall–Kier alpha value is -0.200. The predicted molar refractivity (Wildman–Crippen MR) is 41.4 cm³/mol. The molecule has 5 atom stereocenters. The van der Waals surface area contributed by atoms with Gasteiger partial charge in [0.1, 0.15) is 18.3 Å². The van der Waals surface area contributed by atoms with Crippen LogP contribution in [-0.4, -0.2) is 56.1 Å². The van der Waals surface area contributed by atoms with E-state index in [1.54, 1.807) is 0 Å². The van der Waals surface area contributed by atoms with Crippen LogP contribution in [0.1, 0.15) is 15.2 Å². The number of hydrogen-bond acceptors (Lipinski definition) is 5. The van der Waals surface area contributed by atoms with Crippen molar-refractivity contribution in [2.75, 3.05) is 0 Å². The normalized spacial score (nSPS) is 25.3. The summed E-state index contributed by atoms with van der Waals surface area (Å²) in [6, 6.07) is 0. The van der Waals surface area contributed by atoms with Crippen LogP contribution in [0.2, 0.25) is 0 Å². The summed E-state index contributed by atoms with van der Waals surface area (Å²) in [5.74, 6) is 0. The van der Waals surface area contributed by atoms with E-state index in [0.29, 0.717) is 0 Å². The lowest BCUT2D eigenvalue weighted by Gasteiger charge is -2.26. The summed E-state index contributed by atoms with van der Waals surface area (Å²) < 4.78 is 6.72. The maximum atomic E-state index is 9.15. The zero-order valence-corrected chi connectivity index (χ0v) is 6.83. The van der Waals surface area contributed by atoms with E-state index in [2.05, 4.69) is 0 Å². The molecule has 12 heavy (non-hydrogen) atoms. The number of aliphatic hydroxyl groups excluding tert-OH is 5. The molecule has 0 spiro atoms. The van der Waals surface area contributed by atoms with Gasteiger partial charge in [0.05, 0.1) is 12.2 Å². The van der Waals surface area contributed by atoms with E-state index in [1.165, 1.54) is 6.92 Å². The molecule has 0 aromatic heterocycles. The minimum Gasteiger partial charge on any atom is -0.391 e. The summed E-state index contributed by atoms with van der Waals surface area (Å²) in [5, 5.41) is 45.1. The van der Waals surface area contributed by atoms with Crippen LogP contribution in [0.25, 0.3) is 0 Å². The van der Waals surface area contributed by atoms with Gasteiger partial charge in [-0.05, 0) is 13.8 Å². The van der Waals surface area contributed by atoms with Gasteiger partial charge in [0.15, 0.2) is 0 Å². The van der Waals surface area contributed by atoms with Crippen LogP contribution >= 0.6 is 0 Å². The molecule has 0 aromatic rings. The zero-order chi connectivity index (χ0) is 10.6. The molecular weight excluding hydrogens is 164 g/mol. The standard InChI is InChI=1S/C7H16O5/c1-3(8)5(10)7(12)6(11)4(2)9/h3-12H,1-2H3/t3-,4?,5+,6+,7+/m0/s1/i1D/t3?,4-,5+,6+,7-. The lowest BCUT2D eigenvalue weighted by molar-refractivity contribution is -0.127. The third-order valence-electron chi connectivity index (χ3n) is 1.59. The molecular formula is C7H16O5.